The number of nitrogens with one attached hydrogen (secondary N) is 1. The number of aromatic nitrogens is 1. The summed E-state index contributed by atoms with van der Waals surface area (Å²) in [5.74, 6) is -0.903. The molecule has 3 aromatic carbocycles. The largest absolute Gasteiger partial charge is 0.477 e. The number of benzene rings is 3. The molecular formula is C28H28N2O2. The molecular weight excluding hydrogens is 396 g/mol. The molecule has 0 amide bonds. The van der Waals surface area contributed by atoms with Crippen LogP contribution in [-0.4, -0.2) is 22.2 Å². The summed E-state index contributed by atoms with van der Waals surface area (Å²) < 4.78 is 1.91. The normalized spacial score (nSPS) is 11.0. The average molecular weight is 425 g/mol. The van der Waals surface area contributed by atoms with Crippen molar-refractivity contribution in [2.45, 2.75) is 26.4 Å². The van der Waals surface area contributed by atoms with Crippen LogP contribution in [0, 0.1) is 6.92 Å². The molecule has 1 aromatic heterocycles. The molecule has 162 valence electrons. The Morgan fingerprint density at radius 1 is 1.00 bits per heavy atom. The quantitative estimate of drug-likeness (QED) is 0.340. The van der Waals surface area contributed by atoms with Crippen molar-refractivity contribution in [1.29, 1.82) is 0 Å². The Morgan fingerprint density at radius 2 is 1.69 bits per heavy atom. The minimum Gasteiger partial charge on any atom is -0.477 e. The highest BCUT2D eigenvalue weighted by Crippen LogP contribution is 2.27. The van der Waals surface area contributed by atoms with Gasteiger partial charge >= 0.3 is 5.97 Å². The number of rotatable bonds is 9. The van der Waals surface area contributed by atoms with Crippen LogP contribution >= 0.6 is 0 Å². The van der Waals surface area contributed by atoms with Crippen LogP contribution in [-0.2, 0) is 19.5 Å². The molecule has 4 rings (SSSR count). The molecule has 2 N–H and O–H groups in total. The molecule has 0 aliphatic carbocycles. The lowest BCUT2D eigenvalue weighted by Crippen LogP contribution is -2.19. The van der Waals surface area contributed by atoms with E-state index in [1.165, 1.54) is 11.1 Å². The first kappa shape index (κ1) is 21.6. The molecule has 0 bridgehead atoms. The van der Waals surface area contributed by atoms with Gasteiger partial charge in [-0.1, -0.05) is 84.9 Å². The van der Waals surface area contributed by atoms with Gasteiger partial charge in [-0.2, -0.15) is 0 Å². The van der Waals surface area contributed by atoms with E-state index in [9.17, 15) is 9.90 Å². The molecule has 4 nitrogen and oxygen atoms in total. The van der Waals surface area contributed by atoms with Gasteiger partial charge in [0.15, 0.2) is 0 Å². The number of carboxylic acid groups (broad SMARTS) is 1. The number of carboxylic acids is 1. The summed E-state index contributed by atoms with van der Waals surface area (Å²) in [6, 6.07) is 24.5. The van der Waals surface area contributed by atoms with E-state index in [1.54, 1.807) is 6.08 Å². The Balaban J connectivity index is 1.59. The molecule has 4 aromatic rings. The van der Waals surface area contributed by atoms with Crippen LogP contribution in [0.3, 0.4) is 0 Å². The van der Waals surface area contributed by atoms with E-state index in [-0.39, 0.29) is 0 Å². The zero-order chi connectivity index (χ0) is 22.5. The number of para-hydroxylation sites is 1. The van der Waals surface area contributed by atoms with E-state index in [0.29, 0.717) is 18.8 Å². The smallest absolute Gasteiger partial charge is 0.352 e. The van der Waals surface area contributed by atoms with Crippen LogP contribution in [0.2, 0.25) is 0 Å². The summed E-state index contributed by atoms with van der Waals surface area (Å²) in [6.07, 6.45) is 2.70. The zero-order valence-electron chi connectivity index (χ0n) is 18.3. The summed E-state index contributed by atoms with van der Waals surface area (Å²) in [6.45, 7) is 7.67. The monoisotopic (exact) mass is 424 g/mol. The fourth-order valence-electron chi connectivity index (χ4n) is 4.11. The molecule has 4 heteroatoms. The fourth-order valence-corrected chi connectivity index (χ4v) is 4.11. The highest BCUT2D eigenvalue weighted by atomic mass is 16.4. The first-order valence-corrected chi connectivity index (χ1v) is 10.9. The van der Waals surface area contributed by atoms with Gasteiger partial charge in [-0.05, 0) is 42.6 Å². The molecule has 0 saturated carbocycles. The minimum absolute atomic E-state index is 0.349. The molecule has 0 unspecified atom stereocenters. The van der Waals surface area contributed by atoms with Gasteiger partial charge in [0.25, 0.3) is 0 Å². The molecule has 0 aliphatic rings. The number of hydrogen-bond acceptors (Lipinski definition) is 2. The van der Waals surface area contributed by atoms with E-state index in [4.69, 9.17) is 0 Å². The number of carbonyl (C=O) groups is 1. The molecule has 0 atom stereocenters. The number of fused-ring (bicyclic) bond motifs is 1. The maximum absolute atomic E-state index is 12.3. The molecule has 0 radical (unpaired) electrons. The van der Waals surface area contributed by atoms with Gasteiger partial charge in [-0.15, -0.1) is 0 Å². The molecule has 0 aliphatic heterocycles. The average Bonchev–Trinajstić information content (AvgIpc) is 3.12. The maximum atomic E-state index is 12.3. The van der Waals surface area contributed by atoms with Gasteiger partial charge in [-0.25, -0.2) is 4.79 Å². The third-order valence-corrected chi connectivity index (χ3v) is 5.85. The first-order chi connectivity index (χ1) is 15.6. The fraction of sp³-hybridized carbons (Fsp3) is 0.179. The SMILES string of the molecule is C=Cc1ccc(Cn2c(C(=O)O)c(CNCCc3ccc(C)cc3)c3ccccc32)cc1. The molecule has 0 fully saturated rings. The Morgan fingerprint density at radius 3 is 2.38 bits per heavy atom. The summed E-state index contributed by atoms with van der Waals surface area (Å²) in [5, 5.41) is 14.5. The Kier molecular flexibility index (Phi) is 6.52. The van der Waals surface area contributed by atoms with Gasteiger partial charge in [0.05, 0.1) is 0 Å². The van der Waals surface area contributed by atoms with E-state index in [1.807, 2.05) is 53.1 Å². The van der Waals surface area contributed by atoms with E-state index in [2.05, 4.69) is 43.1 Å². The summed E-state index contributed by atoms with van der Waals surface area (Å²) in [4.78, 5) is 12.3. The summed E-state index contributed by atoms with van der Waals surface area (Å²) in [7, 11) is 0. The lowest BCUT2D eigenvalue weighted by molar-refractivity contribution is 0.0685. The standard InChI is InChI=1S/C28H28N2O2/c1-3-21-12-14-23(15-13-21)19-30-26-7-5-4-6-24(26)25(27(30)28(31)32)18-29-17-16-22-10-8-20(2)9-11-22/h3-15,29H,1,16-19H2,2H3,(H,31,32). The van der Waals surface area contributed by atoms with Crippen molar-refractivity contribution in [3.63, 3.8) is 0 Å². The third kappa shape index (κ3) is 4.66. The number of aryl methyl sites for hydroxylation is 1. The van der Waals surface area contributed by atoms with Crippen LogP contribution < -0.4 is 5.32 Å². The first-order valence-electron chi connectivity index (χ1n) is 10.9. The van der Waals surface area contributed by atoms with E-state index in [0.717, 1.165) is 40.6 Å². The van der Waals surface area contributed by atoms with Crippen molar-refractivity contribution >= 4 is 22.9 Å². The van der Waals surface area contributed by atoms with Crippen LogP contribution in [0.5, 0.6) is 0 Å². The van der Waals surface area contributed by atoms with Crippen molar-refractivity contribution < 1.29 is 9.90 Å². The van der Waals surface area contributed by atoms with Crippen molar-refractivity contribution in [3.8, 4) is 0 Å². The van der Waals surface area contributed by atoms with Crippen LogP contribution in [0.4, 0.5) is 0 Å². The van der Waals surface area contributed by atoms with Gasteiger partial charge in [-0.3, -0.25) is 0 Å². The Hall–Kier alpha value is -3.63. The van der Waals surface area contributed by atoms with Crippen molar-refractivity contribution in [2.75, 3.05) is 6.54 Å². The lowest BCUT2D eigenvalue weighted by atomic mass is 10.1. The van der Waals surface area contributed by atoms with Crippen molar-refractivity contribution in [1.82, 2.24) is 9.88 Å². The third-order valence-electron chi connectivity index (χ3n) is 5.85. The molecule has 0 saturated heterocycles. The highest BCUT2D eigenvalue weighted by molar-refractivity contribution is 5.98. The Labute approximate surface area is 188 Å². The predicted molar refractivity (Wildman–Crippen MR) is 131 cm³/mol. The molecule has 1 heterocycles. The van der Waals surface area contributed by atoms with Gasteiger partial charge < -0.3 is 15.0 Å². The van der Waals surface area contributed by atoms with Crippen molar-refractivity contribution in [3.05, 3.63) is 113 Å². The van der Waals surface area contributed by atoms with Gasteiger partial charge in [0, 0.05) is 29.6 Å². The zero-order valence-corrected chi connectivity index (χ0v) is 18.3. The number of aromatic carboxylic acids is 1. The molecule has 0 spiro atoms. The second-order valence-corrected chi connectivity index (χ2v) is 8.09. The summed E-state index contributed by atoms with van der Waals surface area (Å²) in [5.41, 5.74) is 6.74. The van der Waals surface area contributed by atoms with Gasteiger partial charge in [0.1, 0.15) is 5.69 Å². The van der Waals surface area contributed by atoms with Crippen LogP contribution in [0.15, 0.2) is 79.4 Å². The van der Waals surface area contributed by atoms with E-state index >= 15 is 0 Å². The van der Waals surface area contributed by atoms with E-state index < -0.39 is 5.97 Å². The van der Waals surface area contributed by atoms with Gasteiger partial charge in [0.2, 0.25) is 0 Å². The van der Waals surface area contributed by atoms with Crippen LogP contribution in [0.25, 0.3) is 17.0 Å². The summed E-state index contributed by atoms with van der Waals surface area (Å²) >= 11 is 0. The molecule has 32 heavy (non-hydrogen) atoms. The van der Waals surface area contributed by atoms with Crippen molar-refractivity contribution in [2.24, 2.45) is 0 Å². The second-order valence-electron chi connectivity index (χ2n) is 8.09. The second kappa shape index (κ2) is 9.67. The topological polar surface area (TPSA) is 54.3 Å². The lowest BCUT2D eigenvalue weighted by Gasteiger charge is -2.10. The van der Waals surface area contributed by atoms with Crippen LogP contribution in [0.1, 0.15) is 38.3 Å². The maximum Gasteiger partial charge on any atom is 0.352 e. The minimum atomic E-state index is -0.903. The number of nitrogens with zero attached hydrogens (tertiary/aromatic N) is 1. The predicted octanol–water partition coefficient (Wildman–Crippen LogP) is 5.67. The highest BCUT2D eigenvalue weighted by Gasteiger charge is 2.22. The number of hydrogen-bond donors (Lipinski definition) is 2. The Bertz CT molecular complexity index is 1240.